The van der Waals surface area contributed by atoms with E-state index in [2.05, 4.69) is 46.2 Å². The van der Waals surface area contributed by atoms with Crippen molar-refractivity contribution in [2.24, 2.45) is 11.8 Å². The molecule has 0 bridgehead atoms. The van der Waals surface area contributed by atoms with Gasteiger partial charge in [0.05, 0.1) is 6.42 Å². The molecule has 0 radical (unpaired) electrons. The molecule has 1 atom stereocenters. The molecule has 7 heteroatoms. The smallest absolute Gasteiger partial charge is 0.247 e. The minimum Gasteiger partial charge on any atom is -0.390 e. The SMILES string of the molecule is CN[C@@]1(C2CC2)CCN(c2ccnc(NC(=O)Cc3cccc(/C(C)=C/NCC4CC4)c3)c2)C1=O. The number of hydrogen-bond donors (Lipinski definition) is 3. The van der Waals surface area contributed by atoms with Crippen LogP contribution in [0.5, 0.6) is 0 Å². The zero-order chi connectivity index (χ0) is 24.4. The Morgan fingerprint density at radius 3 is 2.77 bits per heavy atom. The number of carbonyl (C=O) groups is 2. The highest BCUT2D eigenvalue weighted by atomic mass is 16.2. The van der Waals surface area contributed by atoms with Crippen LogP contribution in [0.15, 0.2) is 48.8 Å². The second-order valence-corrected chi connectivity index (χ2v) is 10.2. The monoisotopic (exact) mass is 473 g/mol. The highest BCUT2D eigenvalue weighted by Gasteiger charge is 2.55. The number of pyridine rings is 1. The molecule has 2 aliphatic carbocycles. The Balaban J connectivity index is 1.21. The molecule has 35 heavy (non-hydrogen) atoms. The fourth-order valence-electron chi connectivity index (χ4n) is 5.11. The van der Waals surface area contributed by atoms with Gasteiger partial charge in [0.25, 0.3) is 0 Å². The van der Waals surface area contributed by atoms with Gasteiger partial charge in [-0.15, -0.1) is 0 Å². The summed E-state index contributed by atoms with van der Waals surface area (Å²) in [5.74, 6) is 1.71. The maximum absolute atomic E-state index is 13.3. The van der Waals surface area contributed by atoms with Crippen molar-refractivity contribution in [1.82, 2.24) is 15.6 Å². The van der Waals surface area contributed by atoms with Crippen molar-refractivity contribution in [1.29, 1.82) is 0 Å². The van der Waals surface area contributed by atoms with Crippen molar-refractivity contribution < 1.29 is 9.59 Å². The van der Waals surface area contributed by atoms with Crippen molar-refractivity contribution >= 4 is 28.9 Å². The first-order valence-electron chi connectivity index (χ1n) is 12.7. The minimum absolute atomic E-state index is 0.123. The van der Waals surface area contributed by atoms with Crippen molar-refractivity contribution in [3.63, 3.8) is 0 Å². The van der Waals surface area contributed by atoms with Crippen molar-refractivity contribution in [3.05, 3.63) is 59.9 Å². The Hall–Kier alpha value is -3.19. The van der Waals surface area contributed by atoms with Gasteiger partial charge in [-0.05, 0) is 86.9 Å². The molecule has 0 unspecified atom stereocenters. The van der Waals surface area contributed by atoms with Gasteiger partial charge in [-0.25, -0.2) is 4.98 Å². The number of nitrogens with one attached hydrogen (secondary N) is 3. The van der Waals surface area contributed by atoms with Crippen LogP contribution in [0.1, 0.15) is 50.2 Å². The van der Waals surface area contributed by atoms with Crippen LogP contribution in [0.4, 0.5) is 11.5 Å². The quantitative estimate of drug-likeness (QED) is 0.490. The first kappa shape index (κ1) is 23.5. The number of benzene rings is 1. The number of nitrogens with zero attached hydrogens (tertiary/aromatic N) is 2. The molecule has 184 valence electrons. The van der Waals surface area contributed by atoms with Crippen molar-refractivity contribution in [2.45, 2.75) is 51.0 Å². The molecule has 3 fully saturated rings. The maximum Gasteiger partial charge on any atom is 0.247 e. The van der Waals surface area contributed by atoms with Gasteiger partial charge in [0.1, 0.15) is 11.4 Å². The second kappa shape index (κ2) is 9.82. The third-order valence-electron chi connectivity index (χ3n) is 7.57. The summed E-state index contributed by atoms with van der Waals surface area (Å²) in [4.78, 5) is 32.2. The maximum atomic E-state index is 13.3. The number of hydrogen-bond acceptors (Lipinski definition) is 5. The Morgan fingerprint density at radius 1 is 1.20 bits per heavy atom. The van der Waals surface area contributed by atoms with E-state index in [1.54, 1.807) is 12.3 Å². The zero-order valence-electron chi connectivity index (χ0n) is 20.6. The van der Waals surface area contributed by atoms with Gasteiger partial charge >= 0.3 is 0 Å². The van der Waals surface area contributed by atoms with E-state index < -0.39 is 5.54 Å². The van der Waals surface area contributed by atoms with E-state index in [-0.39, 0.29) is 18.2 Å². The summed E-state index contributed by atoms with van der Waals surface area (Å²) >= 11 is 0. The molecule has 2 amide bonds. The van der Waals surface area contributed by atoms with Crippen LogP contribution >= 0.6 is 0 Å². The molecule has 0 spiro atoms. The molecule has 5 rings (SSSR count). The summed E-state index contributed by atoms with van der Waals surface area (Å²) in [6, 6.07) is 11.7. The standard InChI is InChI=1S/C28H35N5O2/c1-19(17-30-18-20-6-7-20)22-5-3-4-21(14-22)15-26(34)32-25-16-24(10-12-31-25)33-13-11-28(29-2,27(33)35)23-8-9-23/h3-5,10,12,14,16-17,20,23,29-30H,6-9,11,13,15,18H2,1-2H3,(H,31,32,34)/b19-17+/t28-/m1/s1. The van der Waals surface area contributed by atoms with E-state index in [0.29, 0.717) is 18.3 Å². The van der Waals surface area contributed by atoms with E-state index in [1.165, 1.54) is 12.8 Å². The van der Waals surface area contributed by atoms with Gasteiger partial charge in [0.15, 0.2) is 0 Å². The Morgan fingerprint density at radius 2 is 2.03 bits per heavy atom. The summed E-state index contributed by atoms with van der Waals surface area (Å²) < 4.78 is 0. The number of allylic oxidation sites excluding steroid dienone is 1. The van der Waals surface area contributed by atoms with E-state index in [0.717, 1.165) is 54.1 Å². The van der Waals surface area contributed by atoms with E-state index in [9.17, 15) is 9.59 Å². The third-order valence-corrected chi connectivity index (χ3v) is 7.57. The molecule has 1 aromatic heterocycles. The molecule has 2 saturated carbocycles. The Bertz CT molecular complexity index is 1140. The number of likely N-dealkylation sites (N-methyl/N-ethyl adjacent to an activating group) is 1. The third kappa shape index (κ3) is 5.25. The number of carbonyl (C=O) groups excluding carboxylic acids is 2. The molecule has 2 heterocycles. The van der Waals surface area contributed by atoms with Crippen LogP contribution in [-0.2, 0) is 16.0 Å². The number of anilines is 2. The van der Waals surface area contributed by atoms with Gasteiger partial charge in [-0.3, -0.25) is 9.59 Å². The van der Waals surface area contributed by atoms with Gasteiger partial charge in [-0.2, -0.15) is 0 Å². The fourth-order valence-corrected chi connectivity index (χ4v) is 5.11. The van der Waals surface area contributed by atoms with E-state index >= 15 is 0 Å². The zero-order valence-corrected chi connectivity index (χ0v) is 20.6. The molecule has 1 saturated heterocycles. The lowest BCUT2D eigenvalue weighted by Gasteiger charge is -2.27. The molecule has 2 aromatic rings. The number of amides is 2. The molecule has 3 N–H and O–H groups in total. The number of rotatable bonds is 10. The molecule has 3 aliphatic rings. The van der Waals surface area contributed by atoms with Crippen molar-refractivity contribution in [3.8, 4) is 0 Å². The predicted molar refractivity (Wildman–Crippen MR) is 139 cm³/mol. The average molecular weight is 474 g/mol. The molecule has 7 nitrogen and oxygen atoms in total. The summed E-state index contributed by atoms with van der Waals surface area (Å²) in [7, 11) is 1.88. The lowest BCUT2D eigenvalue weighted by Crippen LogP contribution is -2.52. The summed E-state index contributed by atoms with van der Waals surface area (Å²) in [6.45, 7) is 3.79. The van der Waals surface area contributed by atoms with Crippen LogP contribution < -0.4 is 20.9 Å². The average Bonchev–Trinajstić information content (AvgIpc) is 3.78. The van der Waals surface area contributed by atoms with Crippen LogP contribution in [0, 0.1) is 11.8 Å². The topological polar surface area (TPSA) is 86.4 Å². The van der Waals surface area contributed by atoms with Crippen molar-refractivity contribution in [2.75, 3.05) is 30.4 Å². The Labute approximate surface area is 207 Å². The lowest BCUT2D eigenvalue weighted by molar-refractivity contribution is -0.123. The van der Waals surface area contributed by atoms with Gasteiger partial charge in [-0.1, -0.05) is 24.3 Å². The molecular weight excluding hydrogens is 438 g/mol. The first-order valence-corrected chi connectivity index (χ1v) is 12.7. The van der Waals surface area contributed by atoms with E-state index in [4.69, 9.17) is 0 Å². The summed E-state index contributed by atoms with van der Waals surface area (Å²) in [5, 5.41) is 9.63. The van der Waals surface area contributed by atoms with E-state index in [1.807, 2.05) is 30.1 Å². The molecule has 1 aliphatic heterocycles. The van der Waals surface area contributed by atoms with Gasteiger partial charge in [0, 0.05) is 31.0 Å². The largest absolute Gasteiger partial charge is 0.390 e. The highest BCUT2D eigenvalue weighted by Crippen LogP contribution is 2.46. The summed E-state index contributed by atoms with van der Waals surface area (Å²) in [6.07, 6.45) is 9.64. The molecule has 1 aromatic carbocycles. The first-order chi connectivity index (χ1) is 17.0. The Kier molecular flexibility index (Phi) is 6.60. The lowest BCUT2D eigenvalue weighted by atomic mass is 9.91. The predicted octanol–water partition coefficient (Wildman–Crippen LogP) is 3.73. The van der Waals surface area contributed by atoms with Gasteiger partial charge in [0.2, 0.25) is 11.8 Å². The normalized spacial score (nSPS) is 22.4. The van der Waals surface area contributed by atoms with Gasteiger partial charge < -0.3 is 20.9 Å². The molecular formula is C28H35N5O2. The van der Waals surface area contributed by atoms with Crippen LogP contribution in [-0.4, -0.2) is 42.5 Å². The van der Waals surface area contributed by atoms with Crippen LogP contribution in [0.25, 0.3) is 5.57 Å². The van der Waals surface area contributed by atoms with Crippen LogP contribution in [0.2, 0.25) is 0 Å². The van der Waals surface area contributed by atoms with Crippen LogP contribution in [0.3, 0.4) is 0 Å². The summed E-state index contributed by atoms with van der Waals surface area (Å²) in [5.41, 5.74) is 3.54. The minimum atomic E-state index is -0.447. The fraction of sp³-hybridized carbons (Fsp3) is 0.464. The second-order valence-electron chi connectivity index (χ2n) is 10.2. The number of aromatic nitrogens is 1. The highest BCUT2D eigenvalue weighted by molar-refractivity contribution is 6.03.